The van der Waals surface area contributed by atoms with Gasteiger partial charge in [0.2, 0.25) is 5.91 Å². The van der Waals surface area contributed by atoms with Crippen LogP contribution >= 0.6 is 0 Å². The Balaban J connectivity index is 1.41. The molecule has 4 rings (SSSR count). The Morgan fingerprint density at radius 2 is 1.85 bits per heavy atom. The molecule has 1 aliphatic carbocycles. The first-order chi connectivity index (χ1) is 16.4. The predicted molar refractivity (Wildman–Crippen MR) is 128 cm³/mol. The SMILES string of the molecule is CCOC(=O)C1CCC(CC(=O)N2CCc3c(N(C)C)nn(Cc4ccc(F)cc4)c3C2)CC1. The number of ether oxygens (including phenoxy) is 1. The van der Waals surface area contributed by atoms with Crippen LogP contribution in [0.4, 0.5) is 10.2 Å². The summed E-state index contributed by atoms with van der Waals surface area (Å²) in [6.45, 7) is 4.01. The monoisotopic (exact) mass is 470 g/mol. The van der Waals surface area contributed by atoms with E-state index in [1.54, 1.807) is 12.1 Å². The van der Waals surface area contributed by atoms with Gasteiger partial charge in [-0.3, -0.25) is 14.3 Å². The number of aromatic nitrogens is 2. The van der Waals surface area contributed by atoms with Gasteiger partial charge in [0.25, 0.3) is 0 Å². The van der Waals surface area contributed by atoms with E-state index in [0.717, 1.165) is 49.2 Å². The summed E-state index contributed by atoms with van der Waals surface area (Å²) in [6.07, 6.45) is 4.68. The molecule has 0 atom stereocenters. The average Bonchev–Trinajstić information content (AvgIpc) is 3.19. The molecule has 2 aromatic rings. The molecule has 1 aromatic carbocycles. The fraction of sp³-hybridized carbons (Fsp3) is 0.577. The van der Waals surface area contributed by atoms with E-state index in [0.29, 0.717) is 38.6 Å². The summed E-state index contributed by atoms with van der Waals surface area (Å²) >= 11 is 0. The summed E-state index contributed by atoms with van der Waals surface area (Å²) in [5.74, 6) is 1.05. The van der Waals surface area contributed by atoms with E-state index in [9.17, 15) is 14.0 Å². The number of hydrogen-bond donors (Lipinski definition) is 0. The zero-order valence-corrected chi connectivity index (χ0v) is 20.4. The summed E-state index contributed by atoms with van der Waals surface area (Å²) in [7, 11) is 3.96. The Morgan fingerprint density at radius 1 is 1.15 bits per heavy atom. The number of carbonyl (C=O) groups is 2. The van der Waals surface area contributed by atoms with Crippen molar-refractivity contribution in [3.63, 3.8) is 0 Å². The Morgan fingerprint density at radius 3 is 2.50 bits per heavy atom. The van der Waals surface area contributed by atoms with E-state index in [4.69, 9.17) is 9.84 Å². The lowest BCUT2D eigenvalue weighted by Gasteiger charge is -2.31. The minimum atomic E-state index is -0.256. The molecule has 1 aromatic heterocycles. The van der Waals surface area contributed by atoms with E-state index in [1.807, 2.05) is 35.5 Å². The summed E-state index contributed by atoms with van der Waals surface area (Å²) < 4.78 is 20.5. The topological polar surface area (TPSA) is 67.7 Å². The molecule has 0 spiro atoms. The van der Waals surface area contributed by atoms with Crippen LogP contribution in [-0.4, -0.2) is 53.8 Å². The van der Waals surface area contributed by atoms with Crippen LogP contribution in [0.2, 0.25) is 0 Å². The van der Waals surface area contributed by atoms with Gasteiger partial charge in [-0.15, -0.1) is 0 Å². The van der Waals surface area contributed by atoms with Crippen molar-refractivity contribution in [3.8, 4) is 0 Å². The highest BCUT2D eigenvalue weighted by Crippen LogP contribution is 2.33. The molecule has 1 aliphatic heterocycles. The highest BCUT2D eigenvalue weighted by atomic mass is 19.1. The molecular formula is C26H35FN4O3. The number of hydrogen-bond acceptors (Lipinski definition) is 5. The van der Waals surface area contributed by atoms with Crippen molar-refractivity contribution in [1.29, 1.82) is 0 Å². The van der Waals surface area contributed by atoms with E-state index in [2.05, 4.69) is 0 Å². The molecular weight excluding hydrogens is 435 g/mol. The number of amides is 1. The van der Waals surface area contributed by atoms with Crippen molar-refractivity contribution >= 4 is 17.7 Å². The van der Waals surface area contributed by atoms with Crippen LogP contribution in [0.25, 0.3) is 0 Å². The number of fused-ring (bicyclic) bond motifs is 1. The highest BCUT2D eigenvalue weighted by Gasteiger charge is 2.32. The molecule has 1 amide bonds. The van der Waals surface area contributed by atoms with Gasteiger partial charge >= 0.3 is 5.97 Å². The Hall–Kier alpha value is -2.90. The summed E-state index contributed by atoms with van der Waals surface area (Å²) in [5, 5.41) is 4.83. The van der Waals surface area contributed by atoms with Crippen molar-refractivity contribution < 1.29 is 18.7 Å². The van der Waals surface area contributed by atoms with Gasteiger partial charge in [-0.1, -0.05) is 12.1 Å². The maximum absolute atomic E-state index is 13.3. The van der Waals surface area contributed by atoms with Gasteiger partial charge in [0.05, 0.1) is 31.3 Å². The van der Waals surface area contributed by atoms with Gasteiger partial charge in [-0.2, -0.15) is 5.10 Å². The molecule has 1 saturated carbocycles. The Labute approximate surface area is 200 Å². The van der Waals surface area contributed by atoms with Crippen molar-refractivity contribution in [1.82, 2.24) is 14.7 Å². The molecule has 0 radical (unpaired) electrons. The van der Waals surface area contributed by atoms with Crippen molar-refractivity contribution in [2.75, 3.05) is 32.1 Å². The fourth-order valence-electron chi connectivity index (χ4n) is 5.16. The van der Waals surface area contributed by atoms with Crippen molar-refractivity contribution in [2.24, 2.45) is 11.8 Å². The zero-order valence-electron chi connectivity index (χ0n) is 20.4. The first kappa shape index (κ1) is 24.2. The lowest BCUT2D eigenvalue weighted by molar-refractivity contribution is -0.149. The quantitative estimate of drug-likeness (QED) is 0.576. The Bertz CT molecular complexity index is 1010. The van der Waals surface area contributed by atoms with Crippen LogP contribution < -0.4 is 4.90 Å². The molecule has 8 heteroatoms. The number of halogens is 1. The fourth-order valence-corrected chi connectivity index (χ4v) is 5.16. The molecule has 2 aliphatic rings. The molecule has 2 heterocycles. The number of rotatable bonds is 7. The van der Waals surface area contributed by atoms with Gasteiger partial charge in [-0.25, -0.2) is 4.39 Å². The smallest absolute Gasteiger partial charge is 0.308 e. The highest BCUT2D eigenvalue weighted by molar-refractivity contribution is 5.77. The molecule has 0 N–H and O–H groups in total. The second-order valence-electron chi connectivity index (χ2n) is 9.67. The molecule has 0 saturated heterocycles. The Kier molecular flexibility index (Phi) is 7.54. The van der Waals surface area contributed by atoms with Crippen molar-refractivity contribution in [3.05, 3.63) is 46.9 Å². The van der Waals surface area contributed by atoms with Crippen LogP contribution in [0.3, 0.4) is 0 Å². The van der Waals surface area contributed by atoms with E-state index >= 15 is 0 Å². The third kappa shape index (κ3) is 5.42. The largest absolute Gasteiger partial charge is 0.466 e. The van der Waals surface area contributed by atoms with Gasteiger partial charge in [0.1, 0.15) is 5.82 Å². The molecule has 1 fully saturated rings. The maximum atomic E-state index is 13.3. The van der Waals surface area contributed by atoms with Crippen molar-refractivity contribution in [2.45, 2.75) is 58.5 Å². The number of anilines is 1. The maximum Gasteiger partial charge on any atom is 0.308 e. The van der Waals surface area contributed by atoms with Gasteiger partial charge in [0, 0.05) is 32.6 Å². The molecule has 7 nitrogen and oxygen atoms in total. The first-order valence-corrected chi connectivity index (χ1v) is 12.3. The third-order valence-electron chi connectivity index (χ3n) is 7.07. The lowest BCUT2D eigenvalue weighted by Crippen LogP contribution is -2.38. The summed E-state index contributed by atoms with van der Waals surface area (Å²) in [4.78, 5) is 29.1. The number of esters is 1. The second kappa shape index (κ2) is 10.6. The summed E-state index contributed by atoms with van der Waals surface area (Å²) in [6, 6.07) is 6.48. The average molecular weight is 471 g/mol. The number of carbonyl (C=O) groups excluding carboxylic acids is 2. The minimum absolute atomic E-state index is 0.0193. The van der Waals surface area contributed by atoms with Crippen LogP contribution in [-0.2, 0) is 33.8 Å². The standard InChI is InChI=1S/C26H35FN4O3/c1-4-34-26(33)20-9-5-18(6-10-20)15-24(32)30-14-13-22-23(17-30)31(28-25(22)29(2)3)16-19-7-11-21(27)12-8-19/h7-8,11-12,18,20H,4-6,9-10,13-17H2,1-3H3. The van der Waals surface area contributed by atoms with Crippen LogP contribution in [0.15, 0.2) is 24.3 Å². The number of benzene rings is 1. The lowest BCUT2D eigenvalue weighted by atomic mass is 9.80. The molecule has 0 unspecified atom stereocenters. The van der Waals surface area contributed by atoms with Crippen LogP contribution in [0.1, 0.15) is 55.8 Å². The second-order valence-corrected chi connectivity index (χ2v) is 9.67. The third-order valence-corrected chi connectivity index (χ3v) is 7.07. The molecule has 34 heavy (non-hydrogen) atoms. The van der Waals surface area contributed by atoms with E-state index in [-0.39, 0.29) is 23.6 Å². The zero-order chi connectivity index (χ0) is 24.2. The van der Waals surface area contributed by atoms with Gasteiger partial charge in [-0.05, 0) is 62.6 Å². The molecule has 184 valence electrons. The minimum Gasteiger partial charge on any atom is -0.466 e. The van der Waals surface area contributed by atoms with Crippen LogP contribution in [0.5, 0.6) is 0 Å². The summed E-state index contributed by atoms with van der Waals surface area (Å²) in [5.41, 5.74) is 3.21. The predicted octanol–water partition coefficient (Wildman–Crippen LogP) is 3.78. The first-order valence-electron chi connectivity index (χ1n) is 12.3. The van der Waals surface area contributed by atoms with Gasteiger partial charge < -0.3 is 14.5 Å². The van der Waals surface area contributed by atoms with Crippen LogP contribution in [0, 0.1) is 17.7 Å². The van der Waals surface area contributed by atoms with Gasteiger partial charge in [0.15, 0.2) is 5.82 Å². The normalized spacial score (nSPS) is 20.1. The van der Waals surface area contributed by atoms with E-state index in [1.165, 1.54) is 17.7 Å². The molecule has 0 bridgehead atoms. The van der Waals surface area contributed by atoms with E-state index < -0.39 is 0 Å². The number of nitrogens with zero attached hydrogens (tertiary/aromatic N) is 4.